The second kappa shape index (κ2) is 9.00. The molecule has 0 unspecified atom stereocenters. The van der Waals surface area contributed by atoms with Crippen molar-refractivity contribution in [3.05, 3.63) is 101 Å². The van der Waals surface area contributed by atoms with Crippen LogP contribution in [0, 0.1) is 6.92 Å². The highest BCUT2D eigenvalue weighted by molar-refractivity contribution is 7.20. The highest BCUT2D eigenvalue weighted by atomic mass is 32.1. The van der Waals surface area contributed by atoms with Gasteiger partial charge in [-0.25, -0.2) is 4.98 Å². The van der Waals surface area contributed by atoms with Gasteiger partial charge in [0.25, 0.3) is 0 Å². The lowest BCUT2D eigenvalue weighted by Crippen LogP contribution is -2.24. The number of nitrogens with zero attached hydrogens (tertiary/aromatic N) is 3. The Morgan fingerprint density at radius 1 is 1.03 bits per heavy atom. The van der Waals surface area contributed by atoms with Crippen LogP contribution in [0.4, 0.5) is 5.82 Å². The van der Waals surface area contributed by atoms with Gasteiger partial charge < -0.3 is 10.1 Å². The first-order chi connectivity index (χ1) is 17.2. The van der Waals surface area contributed by atoms with E-state index < -0.39 is 0 Å². The SMILES string of the molecule is Cc1nn(-c2nc3ccccc3s2)c2c1[C@H](c1ccc(OCCc3ccccc3)cc1)CC(=O)N2. The standard InChI is InChI=1S/C28H24N4O2S/c1-18-26-22(20-11-13-21(14-12-20)34-16-15-19-7-3-2-4-8-19)17-25(33)30-27(26)32(31-18)28-29-23-9-5-6-10-24(23)35-28/h2-14,22H,15-17H2,1H3,(H,30,33)/t22-/m0/s1. The van der Waals surface area contributed by atoms with Gasteiger partial charge in [0.1, 0.15) is 11.6 Å². The van der Waals surface area contributed by atoms with Crippen LogP contribution in [-0.4, -0.2) is 27.3 Å². The van der Waals surface area contributed by atoms with E-state index in [1.54, 1.807) is 16.0 Å². The van der Waals surface area contributed by atoms with E-state index in [1.807, 2.05) is 61.5 Å². The zero-order valence-corrected chi connectivity index (χ0v) is 20.1. The van der Waals surface area contributed by atoms with Gasteiger partial charge in [-0.15, -0.1) is 0 Å². The molecule has 0 bridgehead atoms. The summed E-state index contributed by atoms with van der Waals surface area (Å²) in [5.74, 6) is 1.45. The molecular formula is C28H24N4O2S. The maximum Gasteiger partial charge on any atom is 0.226 e. The molecule has 0 saturated carbocycles. The van der Waals surface area contributed by atoms with Gasteiger partial charge in [0.2, 0.25) is 11.0 Å². The van der Waals surface area contributed by atoms with Crippen molar-refractivity contribution in [1.29, 1.82) is 0 Å². The molecule has 174 valence electrons. The van der Waals surface area contributed by atoms with Crippen LogP contribution in [0.5, 0.6) is 5.75 Å². The molecule has 1 N–H and O–H groups in total. The van der Waals surface area contributed by atoms with Crippen LogP contribution in [0.3, 0.4) is 0 Å². The second-order valence-electron chi connectivity index (χ2n) is 8.68. The number of amides is 1. The van der Waals surface area contributed by atoms with E-state index in [9.17, 15) is 4.79 Å². The fourth-order valence-corrected chi connectivity index (χ4v) is 5.57. The van der Waals surface area contributed by atoms with Crippen LogP contribution in [0.15, 0.2) is 78.9 Å². The number of fused-ring (bicyclic) bond motifs is 2. The Bertz CT molecular complexity index is 1470. The first kappa shape index (κ1) is 21.6. The molecule has 7 heteroatoms. The number of hydrogen-bond donors (Lipinski definition) is 1. The summed E-state index contributed by atoms with van der Waals surface area (Å²) >= 11 is 1.56. The second-order valence-corrected chi connectivity index (χ2v) is 9.69. The quantitative estimate of drug-likeness (QED) is 0.329. The highest BCUT2D eigenvalue weighted by Crippen LogP contribution is 2.41. The third-order valence-electron chi connectivity index (χ3n) is 6.35. The highest BCUT2D eigenvalue weighted by Gasteiger charge is 2.33. The van der Waals surface area contributed by atoms with Gasteiger partial charge in [-0.3, -0.25) is 4.79 Å². The van der Waals surface area contributed by atoms with Crippen LogP contribution in [0.1, 0.15) is 34.7 Å². The monoisotopic (exact) mass is 480 g/mol. The molecule has 0 radical (unpaired) electrons. The molecular weight excluding hydrogens is 456 g/mol. The first-order valence-corrected chi connectivity index (χ1v) is 12.5. The van der Waals surface area contributed by atoms with E-state index >= 15 is 0 Å². The Hall–Kier alpha value is -3.97. The lowest BCUT2D eigenvalue weighted by atomic mass is 9.86. The van der Waals surface area contributed by atoms with E-state index in [0.29, 0.717) is 18.8 Å². The van der Waals surface area contributed by atoms with Crippen molar-refractivity contribution in [2.24, 2.45) is 0 Å². The molecule has 2 aromatic heterocycles. The van der Waals surface area contributed by atoms with Gasteiger partial charge in [-0.05, 0) is 42.3 Å². The Balaban J connectivity index is 1.26. The molecule has 1 aliphatic heterocycles. The Labute approximate surface area is 207 Å². The van der Waals surface area contributed by atoms with E-state index in [1.165, 1.54) is 5.56 Å². The fourth-order valence-electron chi connectivity index (χ4n) is 4.65. The van der Waals surface area contributed by atoms with Crippen molar-refractivity contribution < 1.29 is 9.53 Å². The number of benzene rings is 3. The molecule has 0 fully saturated rings. The van der Waals surface area contributed by atoms with Gasteiger partial charge in [0.15, 0.2) is 0 Å². The van der Waals surface area contributed by atoms with Crippen LogP contribution in [0.25, 0.3) is 15.3 Å². The molecule has 3 heterocycles. The summed E-state index contributed by atoms with van der Waals surface area (Å²) in [5.41, 5.74) is 5.19. The first-order valence-electron chi connectivity index (χ1n) is 11.7. The predicted octanol–water partition coefficient (Wildman–Crippen LogP) is 5.89. The number of thiazole rings is 1. The molecule has 5 aromatic rings. The minimum absolute atomic E-state index is 0.0204. The normalized spacial score (nSPS) is 15.1. The molecule has 3 aromatic carbocycles. The van der Waals surface area contributed by atoms with Gasteiger partial charge in [-0.1, -0.05) is 65.9 Å². The lowest BCUT2D eigenvalue weighted by molar-refractivity contribution is -0.116. The summed E-state index contributed by atoms with van der Waals surface area (Å²) in [6.45, 7) is 2.61. The average Bonchev–Trinajstić information content (AvgIpc) is 3.45. The third kappa shape index (κ3) is 4.19. The van der Waals surface area contributed by atoms with Crippen LogP contribution in [0.2, 0.25) is 0 Å². The van der Waals surface area contributed by atoms with Crippen LogP contribution < -0.4 is 10.1 Å². The average molecular weight is 481 g/mol. The number of rotatable bonds is 6. The molecule has 0 spiro atoms. The number of carbonyl (C=O) groups is 1. The van der Waals surface area contributed by atoms with Gasteiger partial charge >= 0.3 is 0 Å². The van der Waals surface area contributed by atoms with Crippen molar-refractivity contribution >= 4 is 33.3 Å². The third-order valence-corrected chi connectivity index (χ3v) is 7.36. The molecule has 6 nitrogen and oxygen atoms in total. The minimum Gasteiger partial charge on any atom is -0.493 e. The van der Waals surface area contributed by atoms with Gasteiger partial charge in [-0.2, -0.15) is 9.78 Å². The zero-order valence-electron chi connectivity index (χ0n) is 19.3. The summed E-state index contributed by atoms with van der Waals surface area (Å²) in [6, 6.07) is 26.4. The minimum atomic E-state index is -0.0692. The number of aromatic nitrogens is 3. The van der Waals surface area contributed by atoms with E-state index in [4.69, 9.17) is 14.8 Å². The van der Waals surface area contributed by atoms with Gasteiger partial charge in [0, 0.05) is 24.3 Å². The Kier molecular flexibility index (Phi) is 5.54. The molecule has 35 heavy (non-hydrogen) atoms. The number of aryl methyl sites for hydroxylation is 1. The fraction of sp³-hybridized carbons (Fsp3) is 0.179. The van der Waals surface area contributed by atoms with E-state index in [-0.39, 0.29) is 11.8 Å². The number of para-hydroxylation sites is 1. The summed E-state index contributed by atoms with van der Waals surface area (Å²) in [4.78, 5) is 17.5. The van der Waals surface area contributed by atoms with Crippen molar-refractivity contribution in [2.45, 2.75) is 25.7 Å². The molecule has 1 amide bonds. The largest absolute Gasteiger partial charge is 0.493 e. The number of carbonyl (C=O) groups excluding carboxylic acids is 1. The van der Waals surface area contributed by atoms with E-state index in [2.05, 4.69) is 29.6 Å². The van der Waals surface area contributed by atoms with Crippen molar-refractivity contribution in [3.63, 3.8) is 0 Å². The number of ether oxygens (including phenoxy) is 1. The smallest absolute Gasteiger partial charge is 0.226 e. The zero-order chi connectivity index (χ0) is 23.8. The topological polar surface area (TPSA) is 69.0 Å². The lowest BCUT2D eigenvalue weighted by Gasteiger charge is -2.24. The maximum atomic E-state index is 12.7. The number of anilines is 1. The van der Waals surface area contributed by atoms with Crippen molar-refractivity contribution in [2.75, 3.05) is 11.9 Å². The Morgan fingerprint density at radius 3 is 2.60 bits per heavy atom. The predicted molar refractivity (Wildman–Crippen MR) is 139 cm³/mol. The Morgan fingerprint density at radius 2 is 1.80 bits per heavy atom. The molecule has 1 aliphatic rings. The van der Waals surface area contributed by atoms with Crippen molar-refractivity contribution in [1.82, 2.24) is 14.8 Å². The van der Waals surface area contributed by atoms with Crippen molar-refractivity contribution in [3.8, 4) is 10.9 Å². The summed E-state index contributed by atoms with van der Waals surface area (Å²) in [5, 5.41) is 8.58. The van der Waals surface area contributed by atoms with E-state index in [0.717, 1.165) is 44.3 Å². The molecule has 1 atom stereocenters. The van der Waals surface area contributed by atoms with Gasteiger partial charge in [0.05, 0.1) is 22.5 Å². The number of nitrogens with one attached hydrogen (secondary N) is 1. The summed E-state index contributed by atoms with van der Waals surface area (Å²) in [6.07, 6.45) is 1.24. The summed E-state index contributed by atoms with van der Waals surface area (Å²) < 4.78 is 8.82. The van der Waals surface area contributed by atoms with Crippen LogP contribution in [-0.2, 0) is 11.2 Å². The molecule has 0 saturated heterocycles. The van der Waals surface area contributed by atoms with Crippen LogP contribution >= 0.6 is 11.3 Å². The maximum absolute atomic E-state index is 12.7. The molecule has 6 rings (SSSR count). The summed E-state index contributed by atoms with van der Waals surface area (Å²) in [7, 11) is 0. The molecule has 0 aliphatic carbocycles. The number of hydrogen-bond acceptors (Lipinski definition) is 5.